The number of hydrogen-bond acceptors (Lipinski definition) is 6. The summed E-state index contributed by atoms with van der Waals surface area (Å²) in [5.41, 5.74) is 1.61. The molecule has 0 saturated heterocycles. The van der Waals surface area contributed by atoms with Crippen LogP contribution in [0.4, 0.5) is 11.6 Å². The Morgan fingerprint density at radius 3 is 2.63 bits per heavy atom. The monoisotopic (exact) mass is 387 g/mol. The number of nitrogens with zero attached hydrogens (tertiary/aromatic N) is 2. The minimum atomic E-state index is -0.787. The highest BCUT2D eigenvalue weighted by molar-refractivity contribution is 7.80. The number of nitrogens with one attached hydrogen (secondary N) is 1. The molecular weight excluding hydrogens is 370 g/mol. The van der Waals surface area contributed by atoms with Gasteiger partial charge in [-0.15, -0.1) is 0 Å². The Morgan fingerprint density at radius 2 is 2.04 bits per heavy atom. The van der Waals surface area contributed by atoms with E-state index >= 15 is 0 Å². The van der Waals surface area contributed by atoms with Crippen molar-refractivity contribution in [3.8, 4) is 0 Å². The van der Waals surface area contributed by atoms with Crippen LogP contribution in [-0.2, 0) is 9.53 Å². The Bertz CT molecular complexity index is 922. The van der Waals surface area contributed by atoms with E-state index in [0.29, 0.717) is 10.8 Å². The molecular formula is C18H17N3O5S. The summed E-state index contributed by atoms with van der Waals surface area (Å²) in [7, 11) is 0. The molecule has 2 aromatic rings. The van der Waals surface area contributed by atoms with Crippen LogP contribution in [0.25, 0.3) is 0 Å². The molecule has 0 unspecified atom stereocenters. The van der Waals surface area contributed by atoms with Gasteiger partial charge in [-0.05, 0) is 44.3 Å². The van der Waals surface area contributed by atoms with E-state index in [1.165, 1.54) is 12.1 Å². The Hall–Kier alpha value is -3.20. The maximum absolute atomic E-state index is 12.7. The van der Waals surface area contributed by atoms with E-state index in [-0.39, 0.29) is 17.9 Å². The molecule has 1 aliphatic heterocycles. The summed E-state index contributed by atoms with van der Waals surface area (Å²) in [4.78, 5) is 24.7. The zero-order chi connectivity index (χ0) is 19.6. The number of benzene rings is 1. The van der Waals surface area contributed by atoms with Gasteiger partial charge in [-0.2, -0.15) is 0 Å². The second-order valence-electron chi connectivity index (χ2n) is 5.71. The average Bonchev–Trinajstić information content (AvgIpc) is 3.12. The van der Waals surface area contributed by atoms with Gasteiger partial charge in [-0.3, -0.25) is 15.0 Å². The topological polar surface area (TPSA) is 97.8 Å². The number of furan rings is 1. The number of ether oxygens (including phenoxy) is 1. The number of para-hydroxylation sites is 1. The smallest absolute Gasteiger partial charge is 0.433 e. The van der Waals surface area contributed by atoms with E-state index < -0.39 is 22.8 Å². The first-order valence-electron chi connectivity index (χ1n) is 8.21. The molecule has 1 aromatic heterocycles. The van der Waals surface area contributed by atoms with Crippen molar-refractivity contribution in [3.05, 3.63) is 69.6 Å². The highest BCUT2D eigenvalue weighted by Gasteiger charge is 2.37. The van der Waals surface area contributed by atoms with Crippen LogP contribution in [0.1, 0.15) is 25.6 Å². The summed E-state index contributed by atoms with van der Waals surface area (Å²) in [5.74, 6) is -0.752. The summed E-state index contributed by atoms with van der Waals surface area (Å²) in [6, 6.07) is 11.2. The van der Waals surface area contributed by atoms with E-state index in [1.54, 1.807) is 18.7 Å². The zero-order valence-electron chi connectivity index (χ0n) is 14.7. The molecule has 0 radical (unpaired) electrons. The van der Waals surface area contributed by atoms with Gasteiger partial charge in [-0.1, -0.05) is 18.2 Å². The lowest BCUT2D eigenvalue weighted by Gasteiger charge is -2.36. The van der Waals surface area contributed by atoms with Crippen molar-refractivity contribution in [2.24, 2.45) is 0 Å². The molecule has 0 spiro atoms. The van der Waals surface area contributed by atoms with Crippen LogP contribution in [0.2, 0.25) is 0 Å². The molecule has 27 heavy (non-hydrogen) atoms. The molecule has 0 saturated carbocycles. The van der Waals surface area contributed by atoms with Crippen molar-refractivity contribution in [1.29, 1.82) is 0 Å². The van der Waals surface area contributed by atoms with Gasteiger partial charge in [0.05, 0.1) is 18.2 Å². The largest absolute Gasteiger partial charge is 0.463 e. The van der Waals surface area contributed by atoms with Crippen molar-refractivity contribution >= 4 is 34.9 Å². The molecule has 1 aliphatic rings. The van der Waals surface area contributed by atoms with E-state index in [9.17, 15) is 14.9 Å². The Labute approximate surface area is 160 Å². The van der Waals surface area contributed by atoms with Gasteiger partial charge in [0.1, 0.15) is 16.7 Å². The number of hydrogen-bond donors (Lipinski definition) is 1. The zero-order valence-corrected chi connectivity index (χ0v) is 15.5. The minimum Gasteiger partial charge on any atom is -0.463 e. The number of nitro groups is 1. The second kappa shape index (κ2) is 7.58. The summed E-state index contributed by atoms with van der Waals surface area (Å²) < 4.78 is 10.5. The lowest BCUT2D eigenvalue weighted by atomic mass is 9.99. The fourth-order valence-electron chi connectivity index (χ4n) is 2.91. The molecule has 0 amide bonds. The SMILES string of the molecule is CCOC(=O)C1=C(C)N(c2ccccc2)C(=S)N[C@@H]1c1ccc([N+](=O)[O-])o1. The van der Waals surface area contributed by atoms with Crippen molar-refractivity contribution in [2.45, 2.75) is 19.9 Å². The Balaban J connectivity index is 2.11. The molecule has 0 fully saturated rings. The Kier molecular flexibility index (Phi) is 5.22. The minimum absolute atomic E-state index is 0.191. The fraction of sp³-hybridized carbons (Fsp3) is 0.222. The van der Waals surface area contributed by atoms with Crippen LogP contribution < -0.4 is 10.2 Å². The molecule has 1 N–H and O–H groups in total. The molecule has 2 heterocycles. The molecule has 1 atom stereocenters. The van der Waals surface area contributed by atoms with Gasteiger partial charge in [0.25, 0.3) is 0 Å². The first-order valence-corrected chi connectivity index (χ1v) is 8.62. The van der Waals surface area contributed by atoms with Crippen LogP contribution in [-0.4, -0.2) is 22.6 Å². The standard InChI is InChI=1S/C18H17N3O5S/c1-3-25-17(22)15-11(2)20(12-7-5-4-6-8-12)18(27)19-16(15)13-9-10-14(26-13)21(23)24/h4-10,16H,3H2,1-2H3,(H,19,27)/t16-/m1/s1. The fourth-order valence-corrected chi connectivity index (χ4v) is 3.27. The molecule has 1 aromatic carbocycles. The van der Waals surface area contributed by atoms with Crippen LogP contribution >= 0.6 is 12.2 Å². The molecule has 140 valence electrons. The van der Waals surface area contributed by atoms with E-state index in [2.05, 4.69) is 5.32 Å². The Morgan fingerprint density at radius 1 is 1.33 bits per heavy atom. The van der Waals surface area contributed by atoms with Gasteiger partial charge in [-0.25, -0.2) is 4.79 Å². The first-order chi connectivity index (χ1) is 12.9. The lowest BCUT2D eigenvalue weighted by Crippen LogP contribution is -2.48. The maximum atomic E-state index is 12.7. The van der Waals surface area contributed by atoms with Gasteiger partial charge in [0.15, 0.2) is 5.11 Å². The van der Waals surface area contributed by atoms with E-state index in [1.807, 2.05) is 30.3 Å². The van der Waals surface area contributed by atoms with Gasteiger partial charge in [0, 0.05) is 11.4 Å². The van der Waals surface area contributed by atoms with Gasteiger partial charge in [0.2, 0.25) is 0 Å². The van der Waals surface area contributed by atoms with Crippen LogP contribution in [0.15, 0.2) is 58.2 Å². The van der Waals surface area contributed by atoms with Crippen LogP contribution in [0.3, 0.4) is 0 Å². The predicted molar refractivity (Wildman–Crippen MR) is 102 cm³/mol. The molecule has 0 aliphatic carbocycles. The molecule has 8 nitrogen and oxygen atoms in total. The quantitative estimate of drug-likeness (QED) is 0.360. The predicted octanol–water partition coefficient (Wildman–Crippen LogP) is 3.46. The molecule has 3 rings (SSSR count). The summed E-state index contributed by atoms with van der Waals surface area (Å²) in [6.45, 7) is 3.64. The highest BCUT2D eigenvalue weighted by Crippen LogP contribution is 2.35. The third kappa shape index (κ3) is 3.54. The van der Waals surface area contributed by atoms with Crippen LogP contribution in [0, 0.1) is 10.1 Å². The van der Waals surface area contributed by atoms with Crippen molar-refractivity contribution in [1.82, 2.24) is 5.32 Å². The van der Waals surface area contributed by atoms with Crippen molar-refractivity contribution in [3.63, 3.8) is 0 Å². The molecule has 0 bridgehead atoms. The number of rotatable bonds is 5. The highest BCUT2D eigenvalue weighted by atomic mass is 32.1. The summed E-state index contributed by atoms with van der Waals surface area (Å²) in [5, 5.41) is 14.3. The van der Waals surface area contributed by atoms with Gasteiger partial charge >= 0.3 is 11.9 Å². The first kappa shape index (κ1) is 18.6. The third-order valence-electron chi connectivity index (χ3n) is 4.07. The maximum Gasteiger partial charge on any atom is 0.433 e. The normalized spacial score (nSPS) is 16.9. The number of carbonyl (C=O) groups is 1. The summed E-state index contributed by atoms with van der Waals surface area (Å²) >= 11 is 5.48. The van der Waals surface area contributed by atoms with E-state index in [0.717, 1.165) is 5.69 Å². The summed E-state index contributed by atoms with van der Waals surface area (Å²) in [6.07, 6.45) is 0. The number of esters is 1. The number of carbonyl (C=O) groups excluding carboxylic acids is 1. The van der Waals surface area contributed by atoms with E-state index in [4.69, 9.17) is 21.4 Å². The number of allylic oxidation sites excluding steroid dienone is 1. The van der Waals surface area contributed by atoms with Gasteiger partial charge < -0.3 is 14.5 Å². The second-order valence-corrected chi connectivity index (χ2v) is 6.09. The average molecular weight is 387 g/mol. The lowest BCUT2D eigenvalue weighted by molar-refractivity contribution is -0.402. The number of anilines is 1. The third-order valence-corrected chi connectivity index (χ3v) is 4.37. The molecule has 9 heteroatoms. The van der Waals surface area contributed by atoms with Crippen molar-refractivity contribution < 1.29 is 18.9 Å². The van der Waals surface area contributed by atoms with Crippen molar-refractivity contribution in [2.75, 3.05) is 11.5 Å². The number of thiocarbonyl (C=S) groups is 1. The van der Waals surface area contributed by atoms with Crippen LogP contribution in [0.5, 0.6) is 0 Å².